The fourth-order valence-corrected chi connectivity index (χ4v) is 4.71. The molecule has 0 spiro atoms. The van der Waals surface area contributed by atoms with E-state index in [-0.39, 0.29) is 11.5 Å². The summed E-state index contributed by atoms with van der Waals surface area (Å²) in [4.78, 5) is 4.79. The van der Waals surface area contributed by atoms with Crippen molar-refractivity contribution >= 4 is 0 Å². The Hall–Kier alpha value is -0.900. The summed E-state index contributed by atoms with van der Waals surface area (Å²) in [6, 6.07) is 0.219. The van der Waals surface area contributed by atoms with Crippen LogP contribution in [0.15, 0.2) is 4.52 Å². The summed E-state index contributed by atoms with van der Waals surface area (Å²) in [5.41, 5.74) is 0.205. The van der Waals surface area contributed by atoms with E-state index in [1.54, 1.807) is 0 Å². The maximum atomic E-state index is 5.64. The third-order valence-corrected chi connectivity index (χ3v) is 5.90. The Morgan fingerprint density at radius 3 is 2.85 bits per heavy atom. The van der Waals surface area contributed by atoms with Crippen molar-refractivity contribution in [2.24, 2.45) is 17.3 Å². The molecule has 2 saturated carbocycles. The second-order valence-electron chi connectivity index (χ2n) is 7.75. The zero-order valence-corrected chi connectivity index (χ0v) is 12.6. The van der Waals surface area contributed by atoms with Gasteiger partial charge in [-0.3, -0.25) is 0 Å². The lowest BCUT2D eigenvalue weighted by molar-refractivity contribution is 0.146. The molecule has 20 heavy (non-hydrogen) atoms. The molecule has 2 aliphatic carbocycles. The first kappa shape index (κ1) is 12.8. The van der Waals surface area contributed by atoms with E-state index >= 15 is 0 Å². The average Bonchev–Trinajstić information content (AvgIpc) is 3.14. The first-order chi connectivity index (χ1) is 9.63. The van der Waals surface area contributed by atoms with E-state index in [0.717, 1.165) is 30.1 Å². The van der Waals surface area contributed by atoms with Crippen LogP contribution < -0.4 is 5.32 Å². The first-order valence-electron chi connectivity index (χ1n) is 8.20. The summed E-state index contributed by atoms with van der Waals surface area (Å²) in [7, 11) is 0. The molecule has 4 unspecified atom stereocenters. The molecular formula is C16H25N3O. The highest BCUT2D eigenvalue weighted by Gasteiger charge is 2.43. The van der Waals surface area contributed by atoms with Gasteiger partial charge in [-0.25, -0.2) is 0 Å². The third-order valence-electron chi connectivity index (χ3n) is 5.90. The second kappa shape index (κ2) is 4.55. The van der Waals surface area contributed by atoms with Gasteiger partial charge in [-0.1, -0.05) is 25.4 Å². The van der Waals surface area contributed by atoms with Gasteiger partial charge in [0.25, 0.3) is 0 Å². The highest BCUT2D eigenvalue weighted by molar-refractivity contribution is 5.09. The predicted molar refractivity (Wildman–Crippen MR) is 76.2 cm³/mol. The summed E-state index contributed by atoms with van der Waals surface area (Å²) >= 11 is 0. The molecule has 2 heterocycles. The molecule has 0 radical (unpaired) electrons. The molecule has 110 valence electrons. The Kier molecular flexibility index (Phi) is 2.92. The molecule has 2 bridgehead atoms. The van der Waals surface area contributed by atoms with Crippen molar-refractivity contribution in [2.75, 3.05) is 6.54 Å². The van der Waals surface area contributed by atoms with Gasteiger partial charge >= 0.3 is 0 Å². The van der Waals surface area contributed by atoms with Gasteiger partial charge in [0.1, 0.15) is 0 Å². The molecule has 3 aliphatic rings. The summed E-state index contributed by atoms with van der Waals surface area (Å²) in [5, 5.41) is 7.90. The van der Waals surface area contributed by atoms with E-state index in [0.29, 0.717) is 5.92 Å². The van der Waals surface area contributed by atoms with Gasteiger partial charge in [-0.15, -0.1) is 0 Å². The standard InChI is InChI=1S/C16H25N3O/c1-16(2)6-3-7-17-13(16)15-18-14(19-20-15)12-9-10-4-5-11(12)8-10/h10-13,17H,3-9H2,1-2H3. The van der Waals surface area contributed by atoms with Gasteiger partial charge in [0.2, 0.25) is 5.89 Å². The molecule has 0 aromatic carbocycles. The minimum absolute atomic E-state index is 0.205. The van der Waals surface area contributed by atoms with E-state index in [9.17, 15) is 0 Å². The molecule has 0 amide bonds. The molecular weight excluding hydrogens is 250 g/mol. The topological polar surface area (TPSA) is 51.0 Å². The summed E-state index contributed by atoms with van der Waals surface area (Å²) in [5.74, 6) is 4.11. The van der Waals surface area contributed by atoms with Crippen LogP contribution in [0.5, 0.6) is 0 Å². The SMILES string of the molecule is CC1(C)CCCNC1c1nc(C2CC3CCC2C3)no1. The lowest BCUT2D eigenvalue weighted by atomic mass is 9.77. The molecule has 3 fully saturated rings. The van der Waals surface area contributed by atoms with Crippen molar-refractivity contribution < 1.29 is 4.52 Å². The van der Waals surface area contributed by atoms with Crippen LogP contribution in [0.25, 0.3) is 0 Å². The number of hydrogen-bond acceptors (Lipinski definition) is 4. The summed E-state index contributed by atoms with van der Waals surface area (Å²) < 4.78 is 5.64. The molecule has 4 nitrogen and oxygen atoms in total. The van der Waals surface area contributed by atoms with Crippen molar-refractivity contribution in [3.8, 4) is 0 Å². The van der Waals surface area contributed by atoms with Crippen LogP contribution in [-0.4, -0.2) is 16.7 Å². The Morgan fingerprint density at radius 1 is 1.25 bits per heavy atom. The number of nitrogens with zero attached hydrogens (tertiary/aromatic N) is 2. The van der Waals surface area contributed by atoms with Crippen molar-refractivity contribution in [2.45, 2.75) is 64.3 Å². The van der Waals surface area contributed by atoms with Gasteiger partial charge < -0.3 is 9.84 Å². The van der Waals surface area contributed by atoms with E-state index in [1.807, 2.05) is 0 Å². The van der Waals surface area contributed by atoms with Gasteiger partial charge in [-0.2, -0.15) is 4.98 Å². The minimum Gasteiger partial charge on any atom is -0.338 e. The zero-order valence-electron chi connectivity index (χ0n) is 12.6. The number of hydrogen-bond donors (Lipinski definition) is 1. The Morgan fingerprint density at radius 2 is 2.15 bits per heavy atom. The fourth-order valence-electron chi connectivity index (χ4n) is 4.71. The normalized spacial score (nSPS) is 39.3. The number of piperidine rings is 1. The van der Waals surface area contributed by atoms with E-state index in [2.05, 4.69) is 24.3 Å². The predicted octanol–water partition coefficient (Wildman–Crippen LogP) is 3.42. The van der Waals surface area contributed by atoms with Gasteiger partial charge in [0, 0.05) is 5.92 Å². The second-order valence-corrected chi connectivity index (χ2v) is 7.75. The molecule has 4 rings (SSSR count). The monoisotopic (exact) mass is 275 g/mol. The number of fused-ring (bicyclic) bond motifs is 2. The molecule has 4 atom stereocenters. The molecule has 1 aromatic rings. The third kappa shape index (κ3) is 2.00. The van der Waals surface area contributed by atoms with Gasteiger partial charge in [0.15, 0.2) is 5.82 Å². The van der Waals surface area contributed by atoms with Crippen LogP contribution in [0.4, 0.5) is 0 Å². The summed E-state index contributed by atoms with van der Waals surface area (Å²) in [6.45, 7) is 5.65. The van der Waals surface area contributed by atoms with E-state index in [1.165, 1.54) is 38.5 Å². The Labute approximate surface area is 120 Å². The van der Waals surface area contributed by atoms with Crippen molar-refractivity contribution in [3.63, 3.8) is 0 Å². The molecule has 1 N–H and O–H groups in total. The quantitative estimate of drug-likeness (QED) is 0.898. The lowest BCUT2D eigenvalue weighted by Gasteiger charge is -2.36. The largest absolute Gasteiger partial charge is 0.338 e. The molecule has 1 saturated heterocycles. The van der Waals surface area contributed by atoms with Crippen LogP contribution in [-0.2, 0) is 0 Å². The van der Waals surface area contributed by atoms with Gasteiger partial charge in [0.05, 0.1) is 6.04 Å². The molecule has 4 heteroatoms. The average molecular weight is 275 g/mol. The highest BCUT2D eigenvalue weighted by atomic mass is 16.5. The lowest BCUT2D eigenvalue weighted by Crippen LogP contribution is -2.39. The molecule has 1 aliphatic heterocycles. The van der Waals surface area contributed by atoms with Crippen molar-refractivity contribution in [3.05, 3.63) is 11.7 Å². The van der Waals surface area contributed by atoms with E-state index < -0.39 is 0 Å². The summed E-state index contributed by atoms with van der Waals surface area (Å²) in [6.07, 6.45) is 7.91. The molecule has 1 aromatic heterocycles. The fraction of sp³-hybridized carbons (Fsp3) is 0.875. The smallest absolute Gasteiger partial charge is 0.244 e. The Bertz CT molecular complexity index is 496. The number of aromatic nitrogens is 2. The highest BCUT2D eigenvalue weighted by Crippen LogP contribution is 2.52. The van der Waals surface area contributed by atoms with Crippen molar-refractivity contribution in [1.29, 1.82) is 0 Å². The zero-order chi connectivity index (χ0) is 13.7. The maximum absolute atomic E-state index is 5.64. The maximum Gasteiger partial charge on any atom is 0.244 e. The van der Waals surface area contributed by atoms with Crippen LogP contribution in [0, 0.1) is 17.3 Å². The first-order valence-corrected chi connectivity index (χ1v) is 8.20. The van der Waals surface area contributed by atoms with Crippen molar-refractivity contribution in [1.82, 2.24) is 15.5 Å². The Balaban J connectivity index is 1.56. The van der Waals surface area contributed by atoms with E-state index in [4.69, 9.17) is 9.51 Å². The number of nitrogens with one attached hydrogen (secondary N) is 1. The number of rotatable bonds is 2. The minimum atomic E-state index is 0.205. The van der Waals surface area contributed by atoms with Crippen LogP contribution in [0.2, 0.25) is 0 Å². The van der Waals surface area contributed by atoms with Crippen LogP contribution >= 0.6 is 0 Å². The van der Waals surface area contributed by atoms with Crippen LogP contribution in [0.3, 0.4) is 0 Å². The van der Waals surface area contributed by atoms with Gasteiger partial charge in [-0.05, 0) is 55.9 Å². The van der Waals surface area contributed by atoms with Crippen LogP contribution in [0.1, 0.15) is 76.0 Å².